The van der Waals surface area contributed by atoms with Crippen LogP contribution < -0.4 is 25.0 Å². The van der Waals surface area contributed by atoms with E-state index in [4.69, 9.17) is 50.1 Å². The molecule has 0 unspecified atom stereocenters. The van der Waals surface area contributed by atoms with Crippen molar-refractivity contribution in [3.8, 4) is 17.2 Å². The minimum atomic E-state index is -1.43. The highest BCUT2D eigenvalue weighted by Crippen LogP contribution is 2.34. The van der Waals surface area contributed by atoms with Gasteiger partial charge in [-0.2, -0.15) is 5.10 Å². The second-order valence-corrected chi connectivity index (χ2v) is 10.6. The van der Waals surface area contributed by atoms with Crippen molar-refractivity contribution in [3.63, 3.8) is 0 Å². The maximum absolute atomic E-state index is 12.1. The highest BCUT2D eigenvalue weighted by atomic mass is 32.1. The van der Waals surface area contributed by atoms with E-state index in [0.717, 1.165) is 32.1 Å². The van der Waals surface area contributed by atoms with Crippen LogP contribution in [0.2, 0.25) is 0 Å². The first-order valence-corrected chi connectivity index (χ1v) is 15.2. The predicted molar refractivity (Wildman–Crippen MR) is 173 cm³/mol. The van der Waals surface area contributed by atoms with Gasteiger partial charge in [0.2, 0.25) is 12.4 Å². The molecular formula is C32H39N3O12S. The molecule has 0 amide bonds. The van der Waals surface area contributed by atoms with Gasteiger partial charge < -0.3 is 43.2 Å². The lowest BCUT2D eigenvalue weighted by Gasteiger charge is -2.44. The number of esters is 4. The Morgan fingerprint density at radius 3 is 2.12 bits per heavy atom. The molecule has 15 nitrogen and oxygen atoms in total. The Morgan fingerprint density at radius 1 is 0.875 bits per heavy atom. The molecule has 0 saturated carbocycles. The normalized spacial score (nSPS) is 20.2. The van der Waals surface area contributed by atoms with Gasteiger partial charge in [-0.1, -0.05) is 12.1 Å². The molecule has 0 radical (unpaired) electrons. The number of benzene rings is 2. The fourth-order valence-electron chi connectivity index (χ4n) is 4.53. The Bertz CT molecular complexity index is 1470. The maximum atomic E-state index is 12.1. The third-order valence-electron chi connectivity index (χ3n) is 6.45. The Morgan fingerprint density at radius 2 is 1.52 bits per heavy atom. The van der Waals surface area contributed by atoms with Gasteiger partial charge in [-0.15, -0.1) is 0 Å². The van der Waals surface area contributed by atoms with Crippen LogP contribution in [0.3, 0.4) is 0 Å². The maximum Gasteiger partial charge on any atom is 0.303 e. The molecular weight excluding hydrogens is 650 g/mol. The number of nitrogens with one attached hydrogen (secondary N) is 2. The Balaban J connectivity index is 1.76. The third kappa shape index (κ3) is 11.7. The fraction of sp³-hybridized carbons (Fsp3) is 0.438. The van der Waals surface area contributed by atoms with Crippen LogP contribution in [0.5, 0.6) is 17.2 Å². The third-order valence-corrected chi connectivity index (χ3v) is 6.68. The first kappa shape index (κ1) is 37.5. The Labute approximate surface area is 283 Å². The molecule has 1 aliphatic heterocycles. The monoisotopic (exact) mass is 689 g/mol. The van der Waals surface area contributed by atoms with Crippen LogP contribution in [0.15, 0.2) is 47.6 Å². The number of carbonyl (C=O) groups is 4. The van der Waals surface area contributed by atoms with E-state index in [1.54, 1.807) is 18.2 Å². The summed E-state index contributed by atoms with van der Waals surface area (Å²) in [5, 5.41) is 7.53. The number of carbonyl (C=O) groups excluding carboxylic acids is 4. The molecule has 0 bridgehead atoms. The number of thiocarbonyl (C=S) groups is 1. The molecule has 48 heavy (non-hydrogen) atoms. The van der Waals surface area contributed by atoms with Crippen LogP contribution >= 0.6 is 12.2 Å². The molecule has 2 aromatic carbocycles. The van der Waals surface area contributed by atoms with E-state index in [1.807, 2.05) is 31.2 Å². The summed E-state index contributed by atoms with van der Waals surface area (Å²) < 4.78 is 44.4. The summed E-state index contributed by atoms with van der Waals surface area (Å²) in [4.78, 5) is 47.8. The van der Waals surface area contributed by atoms with Crippen LogP contribution in [-0.4, -0.2) is 86.2 Å². The van der Waals surface area contributed by atoms with Gasteiger partial charge >= 0.3 is 23.9 Å². The summed E-state index contributed by atoms with van der Waals surface area (Å²) in [6.45, 7) is 7.18. The van der Waals surface area contributed by atoms with Crippen LogP contribution in [-0.2, 0) is 49.4 Å². The highest BCUT2D eigenvalue weighted by molar-refractivity contribution is 7.80. The lowest BCUT2D eigenvalue weighted by Crippen LogP contribution is -2.63. The average molecular weight is 690 g/mol. The van der Waals surface area contributed by atoms with Gasteiger partial charge in [0.15, 0.2) is 28.8 Å². The summed E-state index contributed by atoms with van der Waals surface area (Å²) >= 11 is 5.30. The van der Waals surface area contributed by atoms with E-state index in [0.29, 0.717) is 23.8 Å². The predicted octanol–water partition coefficient (Wildman–Crippen LogP) is 2.55. The highest BCUT2D eigenvalue weighted by Gasteiger charge is 2.53. The zero-order valence-corrected chi connectivity index (χ0v) is 28.2. The van der Waals surface area contributed by atoms with E-state index < -0.39 is 61.2 Å². The summed E-state index contributed by atoms with van der Waals surface area (Å²) in [6.07, 6.45) is -5.20. The van der Waals surface area contributed by atoms with Crippen molar-refractivity contribution in [1.29, 1.82) is 0 Å². The first-order valence-electron chi connectivity index (χ1n) is 14.8. The largest absolute Gasteiger partial charge is 0.494 e. The number of methoxy groups -OCH3 is 1. The molecule has 5 atom stereocenters. The molecule has 0 aliphatic carbocycles. The van der Waals surface area contributed by atoms with Crippen LogP contribution in [0.4, 0.5) is 0 Å². The topological polar surface area (TPSA) is 179 Å². The minimum Gasteiger partial charge on any atom is -0.494 e. The Kier molecular flexibility index (Phi) is 14.4. The van der Waals surface area contributed by atoms with Crippen molar-refractivity contribution < 1.29 is 57.1 Å². The molecule has 2 aromatic rings. The van der Waals surface area contributed by atoms with Crippen LogP contribution in [0.25, 0.3) is 0 Å². The average Bonchev–Trinajstić information content (AvgIpc) is 3.02. The van der Waals surface area contributed by atoms with Crippen molar-refractivity contribution in [2.24, 2.45) is 5.10 Å². The number of hydrogen-bond acceptors (Lipinski definition) is 14. The van der Waals surface area contributed by atoms with Crippen molar-refractivity contribution in [1.82, 2.24) is 10.7 Å². The second-order valence-electron chi connectivity index (χ2n) is 10.2. The smallest absolute Gasteiger partial charge is 0.303 e. The summed E-state index contributed by atoms with van der Waals surface area (Å²) in [5.74, 6) is -1.72. The lowest BCUT2D eigenvalue weighted by atomic mass is 9.98. The van der Waals surface area contributed by atoms with Crippen molar-refractivity contribution in [2.75, 3.05) is 20.3 Å². The summed E-state index contributed by atoms with van der Waals surface area (Å²) in [6, 6.07) is 12.4. The van der Waals surface area contributed by atoms with Gasteiger partial charge in [-0.25, -0.2) is 0 Å². The van der Waals surface area contributed by atoms with Gasteiger partial charge in [0.25, 0.3) is 0 Å². The molecule has 0 aromatic heterocycles. The van der Waals surface area contributed by atoms with Crippen LogP contribution in [0, 0.1) is 0 Å². The van der Waals surface area contributed by atoms with Crippen molar-refractivity contribution in [3.05, 3.63) is 53.6 Å². The minimum absolute atomic E-state index is 0.149. The molecule has 16 heteroatoms. The van der Waals surface area contributed by atoms with Crippen molar-refractivity contribution >= 4 is 47.4 Å². The molecule has 2 N–H and O–H groups in total. The molecule has 1 heterocycles. The van der Waals surface area contributed by atoms with Gasteiger partial charge in [-0.3, -0.25) is 24.6 Å². The summed E-state index contributed by atoms with van der Waals surface area (Å²) in [5.41, 5.74) is 4.35. The van der Waals surface area contributed by atoms with Gasteiger partial charge in [0, 0.05) is 34.2 Å². The van der Waals surface area contributed by atoms with Crippen LogP contribution in [0.1, 0.15) is 45.7 Å². The van der Waals surface area contributed by atoms with E-state index in [-0.39, 0.29) is 11.5 Å². The zero-order valence-electron chi connectivity index (χ0n) is 27.4. The number of nitrogens with zero attached hydrogens (tertiary/aromatic N) is 1. The number of hydrogen-bond donors (Lipinski definition) is 2. The molecule has 3 rings (SSSR count). The fourth-order valence-corrected chi connectivity index (χ4v) is 4.65. The van der Waals surface area contributed by atoms with Gasteiger partial charge in [0.05, 0.1) is 19.9 Å². The molecule has 1 saturated heterocycles. The lowest BCUT2D eigenvalue weighted by molar-refractivity contribution is -0.288. The van der Waals surface area contributed by atoms with Gasteiger partial charge in [-0.05, 0) is 60.6 Å². The van der Waals surface area contributed by atoms with E-state index >= 15 is 0 Å². The van der Waals surface area contributed by atoms with E-state index in [9.17, 15) is 19.2 Å². The molecule has 0 spiro atoms. The van der Waals surface area contributed by atoms with Gasteiger partial charge in [0.1, 0.15) is 18.5 Å². The first-order chi connectivity index (χ1) is 22.9. The number of rotatable bonds is 14. The summed E-state index contributed by atoms with van der Waals surface area (Å²) in [7, 11) is 1.41. The molecule has 260 valence electrons. The number of ether oxygens (including phenoxy) is 8. The quantitative estimate of drug-likeness (QED) is 0.0971. The standard InChI is InChI=1S/C32H39N3O12S/c1-7-41-24-11-8-22(9-12-24)15-33-32(48)35-34-16-23-10-13-25(26(14-23)40-6)46-31-30(45-21(5)39)29(44-20(4)38)28(43-19(3)37)27(47-31)17-42-18(2)36/h8-14,16,27-31H,7,15,17H2,1-6H3,(H2,33,35,48)/b34-16-/t27-,28+,29+,30-,31-/m1/s1. The zero-order chi connectivity index (χ0) is 35.2. The Hall–Kier alpha value is -4.96. The van der Waals surface area contributed by atoms with E-state index in [2.05, 4.69) is 15.8 Å². The van der Waals surface area contributed by atoms with E-state index in [1.165, 1.54) is 20.2 Å². The molecule has 1 fully saturated rings. The molecule has 1 aliphatic rings. The SMILES string of the molecule is CCOc1ccc(CNC(=S)N/N=C\c2ccc(O[C@@H]3O[C@H](COC(C)=O)[C@H](OC(C)=O)[C@H](OC(C)=O)[C@H]3OC(C)=O)c(OC)c2)cc1. The number of hydrazone groups is 1. The second kappa shape index (κ2) is 18.4. The van der Waals surface area contributed by atoms with Crippen molar-refractivity contribution in [2.45, 2.75) is 71.9 Å².